The van der Waals surface area contributed by atoms with Crippen LogP contribution in [0.3, 0.4) is 0 Å². The van der Waals surface area contributed by atoms with Crippen molar-refractivity contribution in [2.24, 2.45) is 0 Å². The number of carbonyl (C=O) groups excluding carboxylic acids is 2. The summed E-state index contributed by atoms with van der Waals surface area (Å²) in [4.78, 5) is 30.1. The molecule has 0 aromatic heterocycles. The van der Waals surface area contributed by atoms with Crippen LogP contribution in [0, 0.1) is 0 Å². The molecular weight excluding hydrogens is 600 g/mol. The molecule has 2 heterocycles. The number of imide groups is 1. The zero-order valence-corrected chi connectivity index (χ0v) is 27.2. The normalized spacial score (nSPS) is 21.2. The summed E-state index contributed by atoms with van der Waals surface area (Å²) in [6.45, 7) is 5.87. The summed E-state index contributed by atoms with van der Waals surface area (Å²) in [5, 5.41) is 9.58. The fourth-order valence-corrected chi connectivity index (χ4v) is 7.42. The summed E-state index contributed by atoms with van der Waals surface area (Å²) in [5.41, 5.74) is 6.61. The fraction of sp³-hybridized carbons (Fsp3) is 0.317. The fourth-order valence-electron chi connectivity index (χ4n) is 7.42. The molecule has 7 nitrogen and oxygen atoms in total. The zero-order valence-electron chi connectivity index (χ0n) is 27.2. The maximum atomic E-state index is 13.1. The molecule has 2 fully saturated rings. The minimum Gasteiger partial charge on any atom is -0.392 e. The number of aliphatic hydroxyl groups excluding tert-OH is 1. The van der Waals surface area contributed by atoms with Gasteiger partial charge in [0.2, 0.25) is 0 Å². The molecule has 0 unspecified atom stereocenters. The number of carbonyl (C=O) groups is 2. The second-order valence-corrected chi connectivity index (χ2v) is 13.1. The minimum atomic E-state index is -0.553. The number of aliphatic hydroxyl groups is 1. The predicted molar refractivity (Wildman–Crippen MR) is 185 cm³/mol. The monoisotopic (exact) mass is 642 g/mol. The molecule has 0 spiro atoms. The lowest BCUT2D eigenvalue weighted by Gasteiger charge is -2.39. The highest BCUT2D eigenvalue weighted by molar-refractivity contribution is 6.21. The van der Waals surface area contributed by atoms with E-state index in [4.69, 9.17) is 9.47 Å². The third-order valence-corrected chi connectivity index (χ3v) is 9.98. The lowest BCUT2D eigenvalue weighted by molar-refractivity contribution is -0.253. The van der Waals surface area contributed by atoms with Crippen LogP contribution in [0.15, 0.2) is 110 Å². The number of benzene rings is 4. The van der Waals surface area contributed by atoms with E-state index in [1.165, 1.54) is 30.6 Å². The number of nitrogens with zero attached hydrogens (tertiary/aromatic N) is 2. The van der Waals surface area contributed by atoms with Crippen LogP contribution in [-0.4, -0.2) is 52.0 Å². The Bertz CT molecular complexity index is 1730. The summed E-state index contributed by atoms with van der Waals surface area (Å²) in [5.74, 6) is -0.524. The largest absolute Gasteiger partial charge is 0.392 e. The SMILES string of the molecule is C=CCN(C[C@H]1C[C@@H](c2ccc(CO)cc2)O[C@@H](c2ccc(-c3ccccc3CN3C(=O)c4ccccc4C3=O)cc2)O1)C1CCCC1. The van der Waals surface area contributed by atoms with Gasteiger partial charge in [0.05, 0.1) is 36.5 Å². The molecule has 0 radical (unpaired) electrons. The van der Waals surface area contributed by atoms with Crippen molar-refractivity contribution >= 4 is 11.8 Å². The van der Waals surface area contributed by atoms with E-state index in [9.17, 15) is 14.7 Å². The molecule has 246 valence electrons. The molecule has 2 amide bonds. The molecule has 7 rings (SSSR count). The standard InChI is InChI=1S/C41H42N2O5/c1-2-23-42(33-10-4-5-11-33)26-34-24-38(30-17-15-28(27-44)16-18-30)48-41(47-34)31-21-19-29(20-22-31)35-12-6-3-9-32(35)25-43-39(45)36-13-7-8-14-37(36)40(43)46/h2-3,6-9,12-22,33-34,38,41,44H,1,4-5,10-11,23-27H2/t34-,38+,41+/m1/s1. The first-order valence-corrected chi connectivity index (χ1v) is 17.0. The summed E-state index contributed by atoms with van der Waals surface area (Å²) in [6.07, 6.45) is 6.94. The van der Waals surface area contributed by atoms with E-state index >= 15 is 0 Å². The van der Waals surface area contributed by atoms with Crippen molar-refractivity contribution in [1.29, 1.82) is 0 Å². The first-order valence-electron chi connectivity index (χ1n) is 17.0. The number of hydrogen-bond donors (Lipinski definition) is 1. The summed E-state index contributed by atoms with van der Waals surface area (Å²) in [6, 6.07) is 31.6. The molecule has 1 saturated carbocycles. The van der Waals surface area contributed by atoms with Crippen molar-refractivity contribution in [2.45, 2.75) is 69.8 Å². The number of fused-ring (bicyclic) bond motifs is 1. The topological polar surface area (TPSA) is 79.3 Å². The van der Waals surface area contributed by atoms with Crippen molar-refractivity contribution in [3.8, 4) is 11.1 Å². The van der Waals surface area contributed by atoms with Crippen LogP contribution in [-0.2, 0) is 22.6 Å². The number of ether oxygens (including phenoxy) is 2. The Morgan fingerprint density at radius 2 is 1.42 bits per heavy atom. The number of rotatable bonds is 11. The number of hydrogen-bond acceptors (Lipinski definition) is 6. The molecule has 2 aliphatic heterocycles. The smallest absolute Gasteiger partial charge is 0.261 e. The van der Waals surface area contributed by atoms with E-state index in [-0.39, 0.29) is 37.2 Å². The second-order valence-electron chi connectivity index (χ2n) is 13.1. The van der Waals surface area contributed by atoms with Gasteiger partial charge in [-0.1, -0.05) is 104 Å². The van der Waals surface area contributed by atoms with E-state index in [0.29, 0.717) is 17.2 Å². The van der Waals surface area contributed by atoms with Crippen molar-refractivity contribution in [1.82, 2.24) is 9.80 Å². The van der Waals surface area contributed by atoms with Gasteiger partial charge in [0.15, 0.2) is 6.29 Å². The van der Waals surface area contributed by atoms with E-state index < -0.39 is 6.29 Å². The molecule has 1 N–H and O–H groups in total. The van der Waals surface area contributed by atoms with Crippen LogP contribution in [0.2, 0.25) is 0 Å². The van der Waals surface area contributed by atoms with Crippen LogP contribution in [0.5, 0.6) is 0 Å². The van der Waals surface area contributed by atoms with Gasteiger partial charge in [-0.3, -0.25) is 19.4 Å². The van der Waals surface area contributed by atoms with Crippen molar-refractivity contribution < 1.29 is 24.2 Å². The predicted octanol–water partition coefficient (Wildman–Crippen LogP) is 7.62. The Morgan fingerprint density at radius 3 is 2.06 bits per heavy atom. The van der Waals surface area contributed by atoms with Crippen molar-refractivity contribution in [3.05, 3.63) is 143 Å². The van der Waals surface area contributed by atoms with Gasteiger partial charge in [0, 0.05) is 31.1 Å². The molecule has 1 saturated heterocycles. The quantitative estimate of drug-likeness (QED) is 0.134. The van der Waals surface area contributed by atoms with Crippen LogP contribution in [0.4, 0.5) is 0 Å². The average molecular weight is 643 g/mol. The van der Waals surface area contributed by atoms with Gasteiger partial charge in [-0.25, -0.2) is 0 Å². The maximum Gasteiger partial charge on any atom is 0.261 e. The highest BCUT2D eigenvalue weighted by Gasteiger charge is 2.36. The van der Waals surface area contributed by atoms with Gasteiger partial charge in [-0.15, -0.1) is 6.58 Å². The van der Waals surface area contributed by atoms with Gasteiger partial charge in [0.25, 0.3) is 11.8 Å². The Kier molecular flexibility index (Phi) is 9.64. The van der Waals surface area contributed by atoms with E-state index in [0.717, 1.165) is 52.9 Å². The van der Waals surface area contributed by atoms with Crippen LogP contribution < -0.4 is 0 Å². The average Bonchev–Trinajstić information content (AvgIpc) is 3.76. The number of amides is 2. The molecular formula is C41H42N2O5. The zero-order chi connectivity index (χ0) is 33.0. The highest BCUT2D eigenvalue weighted by atomic mass is 16.7. The van der Waals surface area contributed by atoms with Gasteiger partial charge in [-0.2, -0.15) is 0 Å². The highest BCUT2D eigenvalue weighted by Crippen LogP contribution is 2.39. The lowest BCUT2D eigenvalue weighted by Crippen LogP contribution is -2.43. The Labute approximate surface area is 282 Å². The Balaban J connectivity index is 1.12. The third-order valence-electron chi connectivity index (χ3n) is 9.98. The molecule has 0 bridgehead atoms. The van der Waals surface area contributed by atoms with Crippen molar-refractivity contribution in [2.75, 3.05) is 13.1 Å². The van der Waals surface area contributed by atoms with Gasteiger partial charge < -0.3 is 14.6 Å². The van der Waals surface area contributed by atoms with Gasteiger partial charge in [0.1, 0.15) is 0 Å². The van der Waals surface area contributed by atoms with Gasteiger partial charge >= 0.3 is 0 Å². The van der Waals surface area contributed by atoms with E-state index in [1.54, 1.807) is 24.3 Å². The van der Waals surface area contributed by atoms with E-state index in [1.807, 2.05) is 66.7 Å². The lowest BCUT2D eigenvalue weighted by atomic mass is 9.97. The van der Waals surface area contributed by atoms with Gasteiger partial charge in [-0.05, 0) is 52.8 Å². The molecule has 4 aromatic carbocycles. The Hall–Kier alpha value is -4.40. The molecule has 3 aliphatic rings. The summed E-state index contributed by atoms with van der Waals surface area (Å²) < 4.78 is 13.3. The molecule has 7 heteroatoms. The molecule has 1 aliphatic carbocycles. The maximum absolute atomic E-state index is 13.1. The van der Waals surface area contributed by atoms with E-state index in [2.05, 4.69) is 23.6 Å². The minimum absolute atomic E-state index is 0.00579. The van der Waals surface area contributed by atoms with Crippen LogP contribution >= 0.6 is 0 Å². The molecule has 48 heavy (non-hydrogen) atoms. The second kappa shape index (κ2) is 14.4. The van der Waals surface area contributed by atoms with Crippen molar-refractivity contribution in [3.63, 3.8) is 0 Å². The first kappa shape index (κ1) is 32.2. The molecule has 4 aromatic rings. The molecule has 3 atom stereocenters. The Morgan fingerprint density at radius 1 is 0.792 bits per heavy atom. The summed E-state index contributed by atoms with van der Waals surface area (Å²) >= 11 is 0. The van der Waals surface area contributed by atoms with Crippen LogP contribution in [0.1, 0.15) is 87.5 Å². The first-order chi connectivity index (χ1) is 23.5. The van der Waals surface area contributed by atoms with Crippen LogP contribution in [0.25, 0.3) is 11.1 Å². The third kappa shape index (κ3) is 6.64. The summed E-state index contributed by atoms with van der Waals surface area (Å²) in [7, 11) is 0.